The van der Waals surface area contributed by atoms with Crippen LogP contribution in [0.4, 0.5) is 0 Å². The Labute approximate surface area is 139 Å². The second-order valence-corrected chi connectivity index (χ2v) is 7.18. The third kappa shape index (κ3) is 3.48. The minimum atomic E-state index is 0.138. The van der Waals surface area contributed by atoms with Crippen molar-refractivity contribution < 1.29 is 9.47 Å². The number of benzene rings is 1. The molecule has 1 aliphatic heterocycles. The Hall–Kier alpha value is -1.26. The van der Waals surface area contributed by atoms with Gasteiger partial charge in [0.05, 0.1) is 7.11 Å². The van der Waals surface area contributed by atoms with Crippen molar-refractivity contribution in [3.8, 4) is 11.5 Å². The van der Waals surface area contributed by atoms with Gasteiger partial charge in [-0.25, -0.2) is 0 Å². The molecule has 4 nitrogen and oxygen atoms in total. The lowest BCUT2D eigenvalue weighted by molar-refractivity contribution is 0.111. The largest absolute Gasteiger partial charge is 0.493 e. The molecule has 1 aromatic carbocycles. The van der Waals surface area contributed by atoms with Crippen molar-refractivity contribution in [3.63, 3.8) is 0 Å². The van der Waals surface area contributed by atoms with E-state index in [0.717, 1.165) is 37.4 Å². The number of rotatable bonds is 5. The van der Waals surface area contributed by atoms with Crippen LogP contribution in [0.5, 0.6) is 11.5 Å². The molecule has 1 aliphatic carbocycles. The lowest BCUT2D eigenvalue weighted by atomic mass is 9.79. The van der Waals surface area contributed by atoms with Crippen molar-refractivity contribution in [1.82, 2.24) is 4.90 Å². The fraction of sp³-hybridized carbons (Fsp3) is 0.684. The van der Waals surface area contributed by atoms with E-state index in [1.807, 2.05) is 0 Å². The second-order valence-electron chi connectivity index (χ2n) is 7.18. The molecule has 0 unspecified atom stereocenters. The number of hydrogen-bond donors (Lipinski definition) is 1. The van der Waals surface area contributed by atoms with E-state index >= 15 is 0 Å². The lowest BCUT2D eigenvalue weighted by Crippen LogP contribution is -2.35. The fourth-order valence-electron chi connectivity index (χ4n) is 4.04. The van der Waals surface area contributed by atoms with Gasteiger partial charge < -0.3 is 20.1 Å². The second kappa shape index (κ2) is 7.10. The van der Waals surface area contributed by atoms with Gasteiger partial charge in [0.15, 0.2) is 11.5 Å². The first-order chi connectivity index (χ1) is 11.2. The molecule has 1 saturated carbocycles. The summed E-state index contributed by atoms with van der Waals surface area (Å²) in [5, 5.41) is 0. The maximum absolute atomic E-state index is 6.23. The van der Waals surface area contributed by atoms with Crippen LogP contribution in [-0.2, 0) is 5.41 Å². The van der Waals surface area contributed by atoms with Crippen LogP contribution in [0, 0.1) is 0 Å². The fourth-order valence-corrected chi connectivity index (χ4v) is 4.04. The Kier molecular flexibility index (Phi) is 5.12. The third-order valence-electron chi connectivity index (χ3n) is 5.69. The van der Waals surface area contributed by atoms with Crippen LogP contribution in [0.25, 0.3) is 0 Å². The molecule has 1 saturated heterocycles. The van der Waals surface area contributed by atoms with Crippen molar-refractivity contribution in [1.29, 1.82) is 0 Å². The number of methoxy groups -OCH3 is 1. The molecule has 1 heterocycles. The standard InChI is InChI=1S/C19H30N2O2/c1-21-11-7-16(8-12-21)23-17-6-5-15(13-18(17)22-2)19(14-20)9-3-4-10-19/h5-6,13,16H,3-4,7-12,14,20H2,1-2H3. The van der Waals surface area contributed by atoms with E-state index < -0.39 is 0 Å². The van der Waals surface area contributed by atoms with Crippen LogP contribution in [0.15, 0.2) is 18.2 Å². The van der Waals surface area contributed by atoms with Gasteiger partial charge in [-0.1, -0.05) is 18.9 Å². The topological polar surface area (TPSA) is 47.7 Å². The SMILES string of the molecule is COc1cc(C2(CN)CCCC2)ccc1OC1CCN(C)CC1. The summed E-state index contributed by atoms with van der Waals surface area (Å²) in [5.41, 5.74) is 7.56. The molecule has 23 heavy (non-hydrogen) atoms. The Morgan fingerprint density at radius 2 is 1.87 bits per heavy atom. The highest BCUT2D eigenvalue weighted by molar-refractivity contribution is 5.46. The minimum absolute atomic E-state index is 0.138. The highest BCUT2D eigenvalue weighted by Crippen LogP contribution is 2.43. The van der Waals surface area contributed by atoms with E-state index in [0.29, 0.717) is 12.6 Å². The first-order valence-corrected chi connectivity index (χ1v) is 8.91. The number of nitrogens with zero attached hydrogens (tertiary/aromatic N) is 1. The molecule has 2 aliphatic rings. The van der Waals surface area contributed by atoms with Crippen LogP contribution >= 0.6 is 0 Å². The summed E-state index contributed by atoms with van der Waals surface area (Å²) in [4.78, 5) is 2.35. The van der Waals surface area contributed by atoms with Gasteiger partial charge in [0, 0.05) is 25.0 Å². The zero-order chi connectivity index (χ0) is 16.3. The van der Waals surface area contributed by atoms with E-state index in [-0.39, 0.29) is 5.41 Å². The molecule has 0 amide bonds. The lowest BCUT2D eigenvalue weighted by Gasteiger charge is -2.31. The maximum atomic E-state index is 6.23. The zero-order valence-electron chi connectivity index (χ0n) is 14.5. The summed E-state index contributed by atoms with van der Waals surface area (Å²) < 4.78 is 11.8. The van der Waals surface area contributed by atoms with Gasteiger partial charge in [-0.15, -0.1) is 0 Å². The van der Waals surface area contributed by atoms with Gasteiger partial charge in [-0.2, -0.15) is 0 Å². The highest BCUT2D eigenvalue weighted by atomic mass is 16.5. The number of nitrogens with two attached hydrogens (primary N) is 1. The van der Waals surface area contributed by atoms with Gasteiger partial charge in [0.25, 0.3) is 0 Å². The molecule has 2 fully saturated rings. The predicted molar refractivity (Wildman–Crippen MR) is 93.3 cm³/mol. The zero-order valence-corrected chi connectivity index (χ0v) is 14.5. The predicted octanol–water partition coefficient (Wildman–Crippen LogP) is 2.94. The molecule has 2 N–H and O–H groups in total. The summed E-state index contributed by atoms with van der Waals surface area (Å²) >= 11 is 0. The molecular formula is C19H30N2O2. The van der Waals surface area contributed by atoms with Gasteiger partial charge in [-0.3, -0.25) is 0 Å². The highest BCUT2D eigenvalue weighted by Gasteiger charge is 2.35. The Balaban J connectivity index is 1.77. The first-order valence-electron chi connectivity index (χ1n) is 8.91. The molecule has 0 atom stereocenters. The van der Waals surface area contributed by atoms with Crippen LogP contribution in [0.3, 0.4) is 0 Å². The van der Waals surface area contributed by atoms with Crippen LogP contribution < -0.4 is 15.2 Å². The Morgan fingerprint density at radius 1 is 1.17 bits per heavy atom. The summed E-state index contributed by atoms with van der Waals surface area (Å²) in [6.07, 6.45) is 7.35. The molecule has 1 aromatic rings. The molecule has 0 radical (unpaired) electrons. The van der Waals surface area contributed by atoms with Gasteiger partial charge in [0.1, 0.15) is 6.10 Å². The average molecular weight is 318 g/mol. The van der Waals surface area contributed by atoms with Gasteiger partial charge in [-0.05, 0) is 50.4 Å². The molecule has 4 heteroatoms. The maximum Gasteiger partial charge on any atom is 0.161 e. The minimum Gasteiger partial charge on any atom is -0.493 e. The molecule has 3 rings (SSSR count). The van der Waals surface area contributed by atoms with Crippen LogP contribution in [0.1, 0.15) is 44.1 Å². The van der Waals surface area contributed by atoms with Crippen LogP contribution in [-0.4, -0.2) is 44.8 Å². The summed E-state index contributed by atoms with van der Waals surface area (Å²) in [6, 6.07) is 6.44. The van der Waals surface area contributed by atoms with Crippen molar-refractivity contribution >= 4 is 0 Å². The summed E-state index contributed by atoms with van der Waals surface area (Å²) in [7, 11) is 3.89. The van der Waals surface area contributed by atoms with E-state index in [1.54, 1.807) is 7.11 Å². The van der Waals surface area contributed by atoms with E-state index in [9.17, 15) is 0 Å². The van der Waals surface area contributed by atoms with Gasteiger partial charge in [0.2, 0.25) is 0 Å². The van der Waals surface area contributed by atoms with E-state index in [2.05, 4.69) is 30.1 Å². The number of hydrogen-bond acceptors (Lipinski definition) is 4. The first kappa shape index (κ1) is 16.6. The van der Waals surface area contributed by atoms with Crippen molar-refractivity contribution in [2.24, 2.45) is 5.73 Å². The monoisotopic (exact) mass is 318 g/mol. The molecular weight excluding hydrogens is 288 g/mol. The normalized spacial score (nSPS) is 22.2. The van der Waals surface area contributed by atoms with Crippen molar-refractivity contribution in [2.75, 3.05) is 33.8 Å². The number of ether oxygens (including phenoxy) is 2. The van der Waals surface area contributed by atoms with Crippen LogP contribution in [0.2, 0.25) is 0 Å². The van der Waals surface area contributed by atoms with Crippen molar-refractivity contribution in [2.45, 2.75) is 50.0 Å². The quantitative estimate of drug-likeness (QED) is 0.907. The van der Waals surface area contributed by atoms with Gasteiger partial charge >= 0.3 is 0 Å². The van der Waals surface area contributed by atoms with E-state index in [1.165, 1.54) is 31.2 Å². The Bertz CT molecular complexity index is 518. The molecule has 0 bridgehead atoms. The summed E-state index contributed by atoms with van der Waals surface area (Å²) in [6.45, 7) is 2.91. The molecule has 0 aromatic heterocycles. The smallest absolute Gasteiger partial charge is 0.161 e. The molecule has 0 spiro atoms. The number of likely N-dealkylation sites (tertiary alicyclic amines) is 1. The third-order valence-corrected chi connectivity index (χ3v) is 5.69. The summed E-state index contributed by atoms with van der Waals surface area (Å²) in [5.74, 6) is 1.72. The number of piperidine rings is 1. The average Bonchev–Trinajstić information content (AvgIpc) is 3.07. The molecule has 128 valence electrons. The van der Waals surface area contributed by atoms with E-state index in [4.69, 9.17) is 15.2 Å². The Morgan fingerprint density at radius 3 is 2.48 bits per heavy atom. The van der Waals surface area contributed by atoms with Crippen molar-refractivity contribution in [3.05, 3.63) is 23.8 Å².